The molecule has 11 heteroatoms. The van der Waals surface area contributed by atoms with E-state index >= 15 is 0 Å². The van der Waals surface area contributed by atoms with Crippen LogP contribution in [0.3, 0.4) is 0 Å². The molecule has 0 aliphatic carbocycles. The van der Waals surface area contributed by atoms with Gasteiger partial charge < -0.3 is 14.2 Å². The maximum atomic E-state index is 14.1. The van der Waals surface area contributed by atoms with Crippen LogP contribution >= 0.6 is 23.2 Å². The standard InChI is InChI=1S/C29H23Cl2N5O4/c1-38-23-10-8-22(9-11-23)36-27-20(16-34(29(36)37)25-12-7-21(30)13-24(25)31)14-32-28(33-27)35(26-17-39-18-40-26)15-19-5-3-2-4-6-19/h2-14,17H,15-16,18H2,1H3. The van der Waals surface area contributed by atoms with Gasteiger partial charge in [-0.15, -0.1) is 0 Å². The number of aromatic nitrogens is 2. The Morgan fingerprint density at radius 1 is 1.05 bits per heavy atom. The Labute approximate surface area is 240 Å². The fraction of sp³-hybridized carbons (Fsp3) is 0.138. The zero-order valence-electron chi connectivity index (χ0n) is 21.3. The Morgan fingerprint density at radius 3 is 2.55 bits per heavy atom. The third kappa shape index (κ3) is 4.97. The van der Waals surface area contributed by atoms with Crippen LogP contribution in [0.5, 0.6) is 5.75 Å². The Bertz CT molecular complexity index is 1580. The van der Waals surface area contributed by atoms with Crippen molar-refractivity contribution in [3.8, 4) is 5.75 Å². The Kier molecular flexibility index (Phi) is 7.06. The van der Waals surface area contributed by atoms with Crippen molar-refractivity contribution in [1.29, 1.82) is 0 Å². The number of benzene rings is 3. The van der Waals surface area contributed by atoms with E-state index in [9.17, 15) is 4.79 Å². The first-order chi connectivity index (χ1) is 19.5. The molecule has 3 aromatic carbocycles. The number of carbonyl (C=O) groups excluding carboxylic acids is 1. The van der Waals surface area contributed by atoms with Gasteiger partial charge in [0, 0.05) is 16.8 Å². The molecular weight excluding hydrogens is 553 g/mol. The molecule has 2 aliphatic heterocycles. The molecule has 3 heterocycles. The van der Waals surface area contributed by atoms with Gasteiger partial charge in [0.05, 0.1) is 36.6 Å². The van der Waals surface area contributed by atoms with E-state index in [2.05, 4.69) is 4.98 Å². The van der Waals surface area contributed by atoms with Crippen molar-refractivity contribution in [3.63, 3.8) is 0 Å². The van der Waals surface area contributed by atoms with Gasteiger partial charge in [0.1, 0.15) is 12.0 Å². The molecule has 0 atom stereocenters. The van der Waals surface area contributed by atoms with Crippen molar-refractivity contribution in [2.75, 3.05) is 28.6 Å². The first kappa shape index (κ1) is 25.8. The summed E-state index contributed by atoms with van der Waals surface area (Å²) in [6.07, 6.45) is 3.24. The summed E-state index contributed by atoms with van der Waals surface area (Å²) >= 11 is 12.6. The maximum absolute atomic E-state index is 14.1. The highest BCUT2D eigenvalue weighted by molar-refractivity contribution is 6.37. The number of ether oxygens (including phenoxy) is 3. The highest BCUT2D eigenvalue weighted by Gasteiger charge is 2.36. The lowest BCUT2D eigenvalue weighted by atomic mass is 10.1. The molecule has 0 unspecified atom stereocenters. The second kappa shape index (κ2) is 11.0. The van der Waals surface area contributed by atoms with Crippen LogP contribution in [0.25, 0.3) is 0 Å². The Morgan fingerprint density at radius 2 is 1.85 bits per heavy atom. The van der Waals surface area contributed by atoms with Crippen LogP contribution in [0.2, 0.25) is 10.0 Å². The molecule has 40 heavy (non-hydrogen) atoms. The molecule has 0 spiro atoms. The third-order valence-electron chi connectivity index (χ3n) is 6.47. The summed E-state index contributed by atoms with van der Waals surface area (Å²) in [7, 11) is 1.59. The van der Waals surface area contributed by atoms with Gasteiger partial charge in [-0.05, 0) is 48.0 Å². The number of amides is 2. The molecule has 202 valence electrons. The van der Waals surface area contributed by atoms with E-state index in [4.69, 9.17) is 42.4 Å². The lowest BCUT2D eigenvalue weighted by molar-refractivity contribution is 0.0780. The smallest absolute Gasteiger partial charge is 0.335 e. The number of halogens is 2. The van der Waals surface area contributed by atoms with E-state index < -0.39 is 0 Å². The predicted molar refractivity (Wildman–Crippen MR) is 153 cm³/mol. The number of hydrogen-bond donors (Lipinski definition) is 0. The summed E-state index contributed by atoms with van der Waals surface area (Å²) in [5.74, 6) is 1.92. The van der Waals surface area contributed by atoms with E-state index in [0.29, 0.717) is 51.4 Å². The van der Waals surface area contributed by atoms with Gasteiger partial charge in [0.15, 0.2) is 5.82 Å². The molecular formula is C29H23Cl2N5O4. The average molecular weight is 576 g/mol. The van der Waals surface area contributed by atoms with E-state index in [1.165, 1.54) is 11.2 Å². The minimum absolute atomic E-state index is 0.0961. The van der Waals surface area contributed by atoms with E-state index in [0.717, 1.165) is 11.1 Å². The van der Waals surface area contributed by atoms with Crippen LogP contribution in [0, 0.1) is 0 Å². The van der Waals surface area contributed by atoms with Crippen LogP contribution in [0.4, 0.5) is 27.9 Å². The average Bonchev–Trinajstić information content (AvgIpc) is 3.51. The second-order valence-electron chi connectivity index (χ2n) is 8.97. The van der Waals surface area contributed by atoms with Crippen molar-refractivity contribution in [2.45, 2.75) is 13.1 Å². The quantitative estimate of drug-likeness (QED) is 0.237. The number of anilines is 4. The number of carbonyl (C=O) groups is 1. The molecule has 9 nitrogen and oxygen atoms in total. The Hall–Kier alpha value is -4.47. The normalized spacial score (nSPS) is 14.3. The zero-order chi connectivity index (χ0) is 27.6. The summed E-state index contributed by atoms with van der Waals surface area (Å²) in [4.78, 5) is 28.6. The number of rotatable bonds is 7. The van der Waals surface area contributed by atoms with Gasteiger partial charge >= 0.3 is 6.03 Å². The summed E-state index contributed by atoms with van der Waals surface area (Å²) in [6, 6.07) is 21.7. The van der Waals surface area contributed by atoms with E-state index in [1.54, 1.807) is 60.7 Å². The lowest BCUT2D eigenvalue weighted by Gasteiger charge is -2.37. The number of methoxy groups -OCH3 is 1. The van der Waals surface area contributed by atoms with Crippen LogP contribution in [-0.2, 0) is 22.6 Å². The highest BCUT2D eigenvalue weighted by Crippen LogP contribution is 2.40. The van der Waals surface area contributed by atoms with Crippen LogP contribution in [0.1, 0.15) is 11.1 Å². The van der Waals surface area contributed by atoms with E-state index in [1.807, 2.05) is 35.2 Å². The SMILES string of the molecule is COc1ccc(N2C(=O)N(c3ccc(Cl)cc3Cl)Cc3cnc(N(Cc4ccccc4)C4=COCO4)nc32)cc1. The van der Waals surface area contributed by atoms with Crippen molar-refractivity contribution in [1.82, 2.24) is 9.97 Å². The van der Waals surface area contributed by atoms with Gasteiger partial charge in [-0.25, -0.2) is 14.7 Å². The molecule has 6 rings (SSSR count). The molecule has 4 aromatic rings. The number of fused-ring (bicyclic) bond motifs is 1. The first-order valence-corrected chi connectivity index (χ1v) is 13.1. The predicted octanol–water partition coefficient (Wildman–Crippen LogP) is 6.88. The van der Waals surface area contributed by atoms with Crippen molar-refractivity contribution in [2.24, 2.45) is 0 Å². The van der Waals surface area contributed by atoms with E-state index in [-0.39, 0.29) is 19.4 Å². The largest absolute Gasteiger partial charge is 0.497 e. The lowest BCUT2D eigenvalue weighted by Crippen LogP contribution is -2.46. The zero-order valence-corrected chi connectivity index (χ0v) is 22.8. The summed E-state index contributed by atoms with van der Waals surface area (Å²) in [6.45, 7) is 0.736. The minimum Gasteiger partial charge on any atom is -0.497 e. The number of urea groups is 1. The molecule has 2 aliphatic rings. The summed E-state index contributed by atoms with van der Waals surface area (Å²) in [5.41, 5.74) is 2.87. The van der Waals surface area contributed by atoms with Crippen molar-refractivity contribution >= 4 is 52.4 Å². The molecule has 0 fully saturated rings. The molecule has 2 amide bonds. The van der Waals surface area contributed by atoms with Crippen molar-refractivity contribution in [3.05, 3.63) is 112 Å². The van der Waals surface area contributed by atoms with Gasteiger partial charge in [-0.1, -0.05) is 53.5 Å². The third-order valence-corrected chi connectivity index (χ3v) is 7.01. The molecule has 0 radical (unpaired) electrons. The highest BCUT2D eigenvalue weighted by atomic mass is 35.5. The second-order valence-corrected chi connectivity index (χ2v) is 9.82. The monoisotopic (exact) mass is 575 g/mol. The summed E-state index contributed by atoms with van der Waals surface area (Å²) < 4.78 is 16.4. The van der Waals surface area contributed by atoms with Crippen molar-refractivity contribution < 1.29 is 19.0 Å². The number of nitrogens with zero attached hydrogens (tertiary/aromatic N) is 5. The summed E-state index contributed by atoms with van der Waals surface area (Å²) in [5, 5.41) is 0.834. The molecule has 0 saturated heterocycles. The number of hydrogen-bond acceptors (Lipinski definition) is 7. The van der Waals surface area contributed by atoms with Gasteiger partial charge in [0.25, 0.3) is 0 Å². The fourth-order valence-corrected chi connectivity index (χ4v) is 5.02. The maximum Gasteiger partial charge on any atom is 0.335 e. The minimum atomic E-state index is -0.333. The first-order valence-electron chi connectivity index (χ1n) is 12.3. The van der Waals surface area contributed by atoms with Crippen LogP contribution in [-0.4, -0.2) is 29.9 Å². The Balaban J connectivity index is 1.46. The van der Waals surface area contributed by atoms with Crippen LogP contribution < -0.4 is 19.4 Å². The molecule has 0 N–H and O–H groups in total. The molecule has 0 bridgehead atoms. The van der Waals surface area contributed by atoms with Gasteiger partial charge in [-0.3, -0.25) is 9.80 Å². The van der Waals surface area contributed by atoms with Gasteiger partial charge in [-0.2, -0.15) is 4.98 Å². The van der Waals surface area contributed by atoms with Gasteiger partial charge in [0.2, 0.25) is 18.6 Å². The fourth-order valence-electron chi connectivity index (χ4n) is 4.51. The molecule has 1 aromatic heterocycles. The topological polar surface area (TPSA) is 80.3 Å². The molecule has 0 saturated carbocycles. The van der Waals surface area contributed by atoms with Crippen LogP contribution in [0.15, 0.2) is 91.1 Å².